The van der Waals surface area contributed by atoms with Gasteiger partial charge in [0.05, 0.1) is 5.54 Å². The second kappa shape index (κ2) is 5.36. The van der Waals surface area contributed by atoms with Crippen LogP contribution in [-0.4, -0.2) is 5.91 Å². The first kappa shape index (κ1) is 13.9. The lowest BCUT2D eigenvalue weighted by Crippen LogP contribution is -2.50. The van der Waals surface area contributed by atoms with Crippen molar-refractivity contribution < 1.29 is 4.79 Å². The molecule has 0 aliphatic heterocycles. The molecule has 1 saturated carbocycles. The first-order chi connectivity index (χ1) is 10.1. The molecule has 1 amide bonds. The molecule has 3 rings (SSSR count). The summed E-state index contributed by atoms with van der Waals surface area (Å²) in [6.07, 6.45) is 3.21. The van der Waals surface area contributed by atoms with Gasteiger partial charge in [-0.2, -0.15) is 0 Å². The average molecular weight is 279 g/mol. The zero-order valence-corrected chi connectivity index (χ0v) is 12.6. The maximum atomic E-state index is 12.6. The molecule has 0 spiro atoms. The number of hydrogen-bond acceptors (Lipinski definition) is 1. The maximum Gasteiger partial charge on any atom is 0.252 e. The molecule has 2 nitrogen and oxygen atoms in total. The monoisotopic (exact) mass is 279 g/mol. The molecule has 0 unspecified atom stereocenters. The lowest BCUT2D eigenvalue weighted by Gasteiger charge is -2.43. The van der Waals surface area contributed by atoms with E-state index in [1.807, 2.05) is 44.2 Å². The number of hydrogen-bond donors (Lipinski definition) is 1. The van der Waals surface area contributed by atoms with Gasteiger partial charge in [-0.1, -0.05) is 48.0 Å². The highest BCUT2D eigenvalue weighted by Gasteiger charge is 2.40. The van der Waals surface area contributed by atoms with Crippen LogP contribution >= 0.6 is 0 Å². The lowest BCUT2D eigenvalue weighted by atomic mass is 9.71. The van der Waals surface area contributed by atoms with Crippen LogP contribution < -0.4 is 5.32 Å². The van der Waals surface area contributed by atoms with Crippen molar-refractivity contribution in [3.63, 3.8) is 0 Å². The minimum atomic E-state index is -0.171. The number of benzene rings is 2. The molecule has 0 bridgehead atoms. The highest BCUT2D eigenvalue weighted by atomic mass is 16.1. The zero-order chi connectivity index (χ0) is 14.9. The molecule has 1 aliphatic rings. The first-order valence-corrected chi connectivity index (χ1v) is 7.56. The highest BCUT2D eigenvalue weighted by molar-refractivity contribution is 5.96. The highest BCUT2D eigenvalue weighted by Crippen LogP contribution is 2.41. The summed E-state index contributed by atoms with van der Waals surface area (Å²) in [6, 6.07) is 16.3. The molecule has 1 fully saturated rings. The van der Waals surface area contributed by atoms with Crippen LogP contribution in [0.4, 0.5) is 0 Å². The molecule has 0 saturated heterocycles. The Balaban J connectivity index is 1.86. The molecule has 0 heterocycles. The van der Waals surface area contributed by atoms with Gasteiger partial charge in [-0.3, -0.25) is 4.79 Å². The third-order valence-electron chi connectivity index (χ3n) is 4.51. The van der Waals surface area contributed by atoms with Gasteiger partial charge in [-0.05, 0) is 50.3 Å². The van der Waals surface area contributed by atoms with Crippen molar-refractivity contribution in [1.82, 2.24) is 5.32 Å². The summed E-state index contributed by atoms with van der Waals surface area (Å²) < 4.78 is 0. The van der Waals surface area contributed by atoms with Crippen LogP contribution in [0, 0.1) is 13.8 Å². The van der Waals surface area contributed by atoms with Gasteiger partial charge >= 0.3 is 0 Å². The Bertz CT molecular complexity index is 657. The number of carbonyl (C=O) groups is 1. The Morgan fingerprint density at radius 3 is 2.33 bits per heavy atom. The number of nitrogens with one attached hydrogen (secondary N) is 1. The van der Waals surface area contributed by atoms with Gasteiger partial charge in [0.15, 0.2) is 0 Å². The molecular formula is C19H21NO. The minimum absolute atomic E-state index is 0.0380. The number of aryl methyl sites for hydroxylation is 2. The second-order valence-corrected chi connectivity index (χ2v) is 6.07. The summed E-state index contributed by atoms with van der Waals surface area (Å²) in [4.78, 5) is 12.6. The topological polar surface area (TPSA) is 29.1 Å². The molecule has 1 aliphatic carbocycles. The molecule has 2 heteroatoms. The smallest absolute Gasteiger partial charge is 0.252 e. The predicted octanol–water partition coefficient (Wildman–Crippen LogP) is 4.11. The van der Waals surface area contributed by atoms with Gasteiger partial charge in [0, 0.05) is 5.56 Å². The summed E-state index contributed by atoms with van der Waals surface area (Å²) in [5.74, 6) is 0.0380. The second-order valence-electron chi connectivity index (χ2n) is 6.07. The Hall–Kier alpha value is -2.09. The van der Waals surface area contributed by atoms with Gasteiger partial charge in [-0.15, -0.1) is 0 Å². The molecule has 0 atom stereocenters. The van der Waals surface area contributed by atoms with Gasteiger partial charge in [0.25, 0.3) is 5.91 Å². The first-order valence-electron chi connectivity index (χ1n) is 7.56. The summed E-state index contributed by atoms with van der Waals surface area (Å²) in [5.41, 5.74) is 4.05. The summed E-state index contributed by atoms with van der Waals surface area (Å²) in [6.45, 7) is 4.05. The van der Waals surface area contributed by atoms with Crippen molar-refractivity contribution in [1.29, 1.82) is 0 Å². The summed E-state index contributed by atoms with van der Waals surface area (Å²) in [7, 11) is 0. The summed E-state index contributed by atoms with van der Waals surface area (Å²) in [5, 5.41) is 3.28. The van der Waals surface area contributed by atoms with Crippen molar-refractivity contribution >= 4 is 5.91 Å². The quantitative estimate of drug-likeness (QED) is 0.900. The molecule has 2 aromatic carbocycles. The van der Waals surface area contributed by atoms with Gasteiger partial charge in [-0.25, -0.2) is 0 Å². The third kappa shape index (κ3) is 2.58. The predicted molar refractivity (Wildman–Crippen MR) is 85.4 cm³/mol. The molecule has 0 radical (unpaired) electrons. The van der Waals surface area contributed by atoms with E-state index in [4.69, 9.17) is 0 Å². The fourth-order valence-corrected chi connectivity index (χ4v) is 3.13. The normalized spacial score (nSPS) is 16.1. The van der Waals surface area contributed by atoms with Crippen molar-refractivity contribution in [2.45, 2.75) is 38.6 Å². The van der Waals surface area contributed by atoms with Gasteiger partial charge in [0.2, 0.25) is 0 Å². The molecule has 21 heavy (non-hydrogen) atoms. The Kier molecular flexibility index (Phi) is 3.54. The largest absolute Gasteiger partial charge is 0.343 e. The van der Waals surface area contributed by atoms with Crippen LogP contribution in [0.15, 0.2) is 48.5 Å². The Morgan fingerprint density at radius 2 is 1.76 bits per heavy atom. The number of carbonyl (C=O) groups excluding carboxylic acids is 1. The van der Waals surface area contributed by atoms with E-state index in [1.165, 1.54) is 17.5 Å². The van der Waals surface area contributed by atoms with Crippen LogP contribution in [0.1, 0.15) is 46.3 Å². The number of rotatable bonds is 3. The van der Waals surface area contributed by atoms with Crippen LogP contribution in [0.25, 0.3) is 0 Å². The standard InChI is InChI=1S/C19H21NO/c1-14-9-10-17(15(2)13-14)18(21)20-19(11-6-12-19)16-7-4-3-5-8-16/h3-5,7-10,13H,6,11-12H2,1-2H3,(H,20,21). The van der Waals surface area contributed by atoms with E-state index < -0.39 is 0 Å². The van der Waals surface area contributed by atoms with E-state index in [2.05, 4.69) is 23.5 Å². The Morgan fingerprint density at radius 1 is 1.05 bits per heavy atom. The lowest BCUT2D eigenvalue weighted by molar-refractivity contribution is 0.0822. The van der Waals surface area contributed by atoms with E-state index in [-0.39, 0.29) is 11.4 Å². The Labute approximate surface area is 126 Å². The third-order valence-corrected chi connectivity index (χ3v) is 4.51. The van der Waals surface area contributed by atoms with Gasteiger partial charge in [0.1, 0.15) is 0 Å². The van der Waals surface area contributed by atoms with Crippen molar-refractivity contribution in [2.75, 3.05) is 0 Å². The van der Waals surface area contributed by atoms with Crippen LogP contribution in [0.2, 0.25) is 0 Å². The van der Waals surface area contributed by atoms with Gasteiger partial charge < -0.3 is 5.32 Å². The van der Waals surface area contributed by atoms with Crippen molar-refractivity contribution in [3.05, 3.63) is 70.8 Å². The zero-order valence-electron chi connectivity index (χ0n) is 12.6. The maximum absolute atomic E-state index is 12.6. The van der Waals surface area contributed by atoms with Crippen molar-refractivity contribution in [2.24, 2.45) is 0 Å². The molecule has 108 valence electrons. The van der Waals surface area contributed by atoms with Crippen LogP contribution in [-0.2, 0) is 5.54 Å². The van der Waals surface area contributed by atoms with E-state index in [0.717, 1.165) is 24.0 Å². The molecular weight excluding hydrogens is 258 g/mol. The SMILES string of the molecule is Cc1ccc(C(=O)NC2(c3ccccc3)CCC2)c(C)c1. The van der Waals surface area contributed by atoms with Crippen molar-refractivity contribution in [3.8, 4) is 0 Å². The molecule has 0 aromatic heterocycles. The minimum Gasteiger partial charge on any atom is -0.343 e. The van der Waals surface area contributed by atoms with E-state index in [1.54, 1.807) is 0 Å². The van der Waals surface area contributed by atoms with E-state index >= 15 is 0 Å². The van der Waals surface area contributed by atoms with E-state index in [0.29, 0.717) is 0 Å². The van der Waals surface area contributed by atoms with Crippen LogP contribution in [0.5, 0.6) is 0 Å². The number of amides is 1. The van der Waals surface area contributed by atoms with Crippen LogP contribution in [0.3, 0.4) is 0 Å². The fraction of sp³-hybridized carbons (Fsp3) is 0.316. The van der Waals surface area contributed by atoms with E-state index in [9.17, 15) is 4.79 Å². The molecule has 1 N–H and O–H groups in total. The fourth-order valence-electron chi connectivity index (χ4n) is 3.13. The molecule has 2 aromatic rings. The average Bonchev–Trinajstić information content (AvgIpc) is 2.43. The summed E-state index contributed by atoms with van der Waals surface area (Å²) >= 11 is 0.